The molecular weight excluding hydrogens is 422 g/mol. The quantitative estimate of drug-likeness (QED) is 0.404. The minimum absolute atomic E-state index is 0.000681. The van der Waals surface area contributed by atoms with Crippen LogP contribution in [0.5, 0.6) is 0 Å². The molecule has 0 aliphatic rings. The lowest BCUT2D eigenvalue weighted by molar-refractivity contribution is -0.385. The van der Waals surface area contributed by atoms with Crippen LogP contribution in [-0.4, -0.2) is 20.7 Å². The summed E-state index contributed by atoms with van der Waals surface area (Å²) < 4.78 is 0.963. The van der Waals surface area contributed by atoms with Gasteiger partial charge in [-0.1, -0.05) is 34.1 Å². The Morgan fingerprint density at radius 2 is 1.86 bits per heavy atom. The molecule has 2 aromatic carbocycles. The van der Waals surface area contributed by atoms with Crippen LogP contribution in [0, 0.1) is 17.0 Å². The Bertz CT molecular complexity index is 992. The van der Waals surface area contributed by atoms with Gasteiger partial charge in [-0.05, 0) is 48.9 Å². The first-order chi connectivity index (χ1) is 13.4. The molecule has 0 aliphatic heterocycles. The summed E-state index contributed by atoms with van der Waals surface area (Å²) >= 11 is 3.41. The molecule has 28 heavy (non-hydrogen) atoms. The number of hydrogen-bond acceptors (Lipinski definition) is 4. The number of pyridine rings is 1. The molecule has 1 aromatic heterocycles. The molecule has 142 valence electrons. The molecule has 0 saturated carbocycles. The molecule has 0 bridgehead atoms. The van der Waals surface area contributed by atoms with Crippen LogP contribution in [0.2, 0.25) is 0 Å². The molecule has 0 atom stereocenters. The highest BCUT2D eigenvalue weighted by Gasteiger charge is 2.20. The van der Waals surface area contributed by atoms with Crippen molar-refractivity contribution in [2.75, 3.05) is 0 Å². The monoisotopic (exact) mass is 439 g/mol. The summed E-state index contributed by atoms with van der Waals surface area (Å²) in [6, 6.07) is 17.8. The molecule has 1 heterocycles. The molecule has 3 rings (SSSR count). The molecule has 0 spiro atoms. The maximum absolute atomic E-state index is 13.2. The highest BCUT2D eigenvalue weighted by Crippen LogP contribution is 2.21. The number of benzene rings is 2. The van der Waals surface area contributed by atoms with Crippen molar-refractivity contribution >= 4 is 27.5 Å². The minimum Gasteiger partial charge on any atom is -0.328 e. The number of nitro benzene ring substituents is 1. The number of amides is 1. The lowest BCUT2D eigenvalue weighted by Gasteiger charge is -2.23. The molecule has 1 amide bonds. The molecule has 3 aromatic rings. The van der Waals surface area contributed by atoms with E-state index in [0.717, 1.165) is 15.7 Å². The van der Waals surface area contributed by atoms with Crippen LogP contribution in [0.1, 0.15) is 27.2 Å². The van der Waals surface area contributed by atoms with Crippen molar-refractivity contribution < 1.29 is 9.72 Å². The topological polar surface area (TPSA) is 76.3 Å². The average molecular weight is 440 g/mol. The Morgan fingerprint density at radius 3 is 2.46 bits per heavy atom. The van der Waals surface area contributed by atoms with Crippen molar-refractivity contribution in [2.45, 2.75) is 20.0 Å². The summed E-state index contributed by atoms with van der Waals surface area (Å²) in [6.07, 6.45) is 1.69. The number of nitrogens with zero attached hydrogens (tertiary/aromatic N) is 3. The van der Waals surface area contributed by atoms with Crippen molar-refractivity contribution in [3.8, 4) is 0 Å². The number of aryl methyl sites for hydroxylation is 1. The van der Waals surface area contributed by atoms with E-state index in [1.165, 1.54) is 12.1 Å². The summed E-state index contributed by atoms with van der Waals surface area (Å²) in [5.74, 6) is -0.202. The van der Waals surface area contributed by atoms with Crippen LogP contribution >= 0.6 is 15.9 Å². The SMILES string of the molecule is Cc1cc(C(=O)N(Cc2ccc(Br)cc2)Cc2ccccn2)ccc1[N+](=O)[O-]. The van der Waals surface area contributed by atoms with Gasteiger partial charge in [-0.3, -0.25) is 19.9 Å². The second kappa shape index (κ2) is 8.75. The van der Waals surface area contributed by atoms with E-state index in [9.17, 15) is 14.9 Å². The fraction of sp³-hybridized carbons (Fsp3) is 0.143. The fourth-order valence-corrected chi connectivity index (χ4v) is 3.14. The van der Waals surface area contributed by atoms with Crippen LogP contribution in [0.25, 0.3) is 0 Å². The van der Waals surface area contributed by atoms with Crippen molar-refractivity contribution in [1.82, 2.24) is 9.88 Å². The first-order valence-electron chi connectivity index (χ1n) is 8.62. The third-order valence-electron chi connectivity index (χ3n) is 4.29. The van der Waals surface area contributed by atoms with Crippen molar-refractivity contribution in [3.05, 3.63) is 104 Å². The van der Waals surface area contributed by atoms with Crippen LogP contribution in [0.3, 0.4) is 0 Å². The number of rotatable bonds is 6. The van der Waals surface area contributed by atoms with Gasteiger partial charge in [0.2, 0.25) is 0 Å². The Labute approximate surface area is 171 Å². The van der Waals surface area contributed by atoms with E-state index in [1.807, 2.05) is 42.5 Å². The summed E-state index contributed by atoms with van der Waals surface area (Å²) in [5, 5.41) is 11.0. The normalized spacial score (nSPS) is 10.5. The van der Waals surface area contributed by atoms with Crippen molar-refractivity contribution in [2.24, 2.45) is 0 Å². The van der Waals surface area contributed by atoms with Gasteiger partial charge in [0.15, 0.2) is 0 Å². The van der Waals surface area contributed by atoms with E-state index in [-0.39, 0.29) is 11.6 Å². The molecule has 7 heteroatoms. The zero-order valence-corrected chi connectivity index (χ0v) is 16.8. The molecule has 0 radical (unpaired) electrons. The van der Waals surface area contributed by atoms with Gasteiger partial charge in [-0.2, -0.15) is 0 Å². The molecule has 0 saturated heterocycles. The van der Waals surface area contributed by atoms with Gasteiger partial charge < -0.3 is 4.90 Å². The lowest BCUT2D eigenvalue weighted by Crippen LogP contribution is -2.30. The third kappa shape index (κ3) is 4.80. The largest absolute Gasteiger partial charge is 0.328 e. The van der Waals surface area contributed by atoms with E-state index in [1.54, 1.807) is 24.1 Å². The number of carbonyl (C=O) groups is 1. The maximum atomic E-state index is 13.2. The first-order valence-corrected chi connectivity index (χ1v) is 9.42. The Balaban J connectivity index is 1.90. The molecule has 0 fully saturated rings. The fourth-order valence-electron chi connectivity index (χ4n) is 2.87. The third-order valence-corrected chi connectivity index (χ3v) is 4.82. The number of halogens is 1. The first kappa shape index (κ1) is 19.7. The van der Waals surface area contributed by atoms with Gasteiger partial charge in [0.25, 0.3) is 11.6 Å². The van der Waals surface area contributed by atoms with E-state index in [2.05, 4.69) is 20.9 Å². The predicted molar refractivity (Wildman–Crippen MR) is 110 cm³/mol. The Morgan fingerprint density at radius 1 is 1.11 bits per heavy atom. The number of nitro groups is 1. The maximum Gasteiger partial charge on any atom is 0.272 e. The molecule has 0 aliphatic carbocycles. The van der Waals surface area contributed by atoms with E-state index in [4.69, 9.17) is 0 Å². The second-order valence-corrected chi connectivity index (χ2v) is 7.28. The van der Waals surface area contributed by atoms with Crippen LogP contribution in [0.4, 0.5) is 5.69 Å². The molecule has 0 unspecified atom stereocenters. The van der Waals surface area contributed by atoms with Gasteiger partial charge in [0, 0.05) is 34.4 Å². The Kier molecular flexibility index (Phi) is 6.16. The summed E-state index contributed by atoms with van der Waals surface area (Å²) in [7, 11) is 0. The van der Waals surface area contributed by atoms with Crippen LogP contribution < -0.4 is 0 Å². The standard InChI is InChI=1S/C21H18BrN3O3/c1-15-12-17(7-10-20(15)25(27)28)21(26)24(14-19-4-2-3-11-23-19)13-16-5-8-18(22)9-6-16/h2-12H,13-14H2,1H3. The number of hydrogen-bond donors (Lipinski definition) is 0. The second-order valence-electron chi connectivity index (χ2n) is 6.37. The van der Waals surface area contributed by atoms with E-state index in [0.29, 0.717) is 24.2 Å². The van der Waals surface area contributed by atoms with Gasteiger partial charge in [0.1, 0.15) is 0 Å². The molecule has 6 nitrogen and oxygen atoms in total. The smallest absolute Gasteiger partial charge is 0.272 e. The molecular formula is C21H18BrN3O3. The zero-order chi connectivity index (χ0) is 20.1. The van der Waals surface area contributed by atoms with Crippen LogP contribution in [-0.2, 0) is 13.1 Å². The lowest BCUT2D eigenvalue weighted by atomic mass is 10.1. The number of aromatic nitrogens is 1. The molecule has 0 N–H and O–H groups in total. The van der Waals surface area contributed by atoms with Crippen LogP contribution in [0.15, 0.2) is 71.3 Å². The van der Waals surface area contributed by atoms with E-state index < -0.39 is 4.92 Å². The number of carbonyl (C=O) groups excluding carboxylic acids is 1. The minimum atomic E-state index is -0.447. The zero-order valence-electron chi connectivity index (χ0n) is 15.2. The summed E-state index contributed by atoms with van der Waals surface area (Å²) in [5.41, 5.74) is 2.62. The van der Waals surface area contributed by atoms with Gasteiger partial charge in [0.05, 0.1) is 17.2 Å². The van der Waals surface area contributed by atoms with Crippen molar-refractivity contribution in [1.29, 1.82) is 0 Å². The summed E-state index contributed by atoms with van der Waals surface area (Å²) in [4.78, 5) is 29.8. The highest BCUT2D eigenvalue weighted by molar-refractivity contribution is 9.10. The average Bonchev–Trinajstić information content (AvgIpc) is 2.69. The van der Waals surface area contributed by atoms with Gasteiger partial charge in [-0.15, -0.1) is 0 Å². The van der Waals surface area contributed by atoms with Gasteiger partial charge >= 0.3 is 0 Å². The van der Waals surface area contributed by atoms with Crippen molar-refractivity contribution in [3.63, 3.8) is 0 Å². The Hall–Kier alpha value is -3.06. The van der Waals surface area contributed by atoms with E-state index >= 15 is 0 Å². The highest BCUT2D eigenvalue weighted by atomic mass is 79.9. The predicted octanol–water partition coefficient (Wildman–Crippen LogP) is 4.90. The van der Waals surface area contributed by atoms with Gasteiger partial charge in [-0.25, -0.2) is 0 Å². The summed E-state index contributed by atoms with van der Waals surface area (Å²) in [6.45, 7) is 2.37.